The molecule has 0 bridgehead atoms. The van der Waals surface area contributed by atoms with E-state index in [1.807, 2.05) is 36.4 Å². The summed E-state index contributed by atoms with van der Waals surface area (Å²) in [6, 6.07) is 13.2. The molecule has 1 aromatic heterocycles. The molecule has 10 heteroatoms. The zero-order chi connectivity index (χ0) is 22.6. The standard InChI is InChI=1S/C21H24N4O5S/c1-14(21(27)24-18-9-8-16-6-4-5-7-17(16)12-18)30-20(26)10-11-22-31(28,29)19-13-25(3)15(2)23-19/h4-9,12-14,22H,10-11H2,1-3H3,(H,24,27). The molecule has 164 valence electrons. The van der Waals surface area contributed by atoms with Gasteiger partial charge in [-0.25, -0.2) is 18.1 Å². The number of esters is 1. The van der Waals surface area contributed by atoms with Crippen molar-refractivity contribution in [3.63, 3.8) is 0 Å². The molecular formula is C21H24N4O5S. The van der Waals surface area contributed by atoms with Crippen molar-refractivity contribution in [3.05, 3.63) is 54.5 Å². The third-order valence-corrected chi connectivity index (χ3v) is 6.01. The lowest BCUT2D eigenvalue weighted by Gasteiger charge is -2.14. The van der Waals surface area contributed by atoms with Crippen molar-refractivity contribution < 1.29 is 22.7 Å². The average molecular weight is 445 g/mol. The summed E-state index contributed by atoms with van der Waals surface area (Å²) in [6.45, 7) is 2.96. The molecule has 2 N–H and O–H groups in total. The Labute approximate surface area is 180 Å². The Balaban J connectivity index is 1.48. The number of benzene rings is 2. The molecule has 2 aromatic carbocycles. The van der Waals surface area contributed by atoms with Gasteiger partial charge >= 0.3 is 5.97 Å². The Bertz CT molecular complexity index is 1200. The maximum absolute atomic E-state index is 12.3. The van der Waals surface area contributed by atoms with Crippen LogP contribution in [0.4, 0.5) is 5.69 Å². The average Bonchev–Trinajstić information content (AvgIpc) is 3.07. The Hall–Kier alpha value is -3.24. The summed E-state index contributed by atoms with van der Waals surface area (Å²) in [4.78, 5) is 28.3. The summed E-state index contributed by atoms with van der Waals surface area (Å²) in [5, 5.41) is 4.61. The maximum atomic E-state index is 12.3. The molecule has 3 aromatic rings. The first-order valence-corrected chi connectivity index (χ1v) is 11.1. The molecular weight excluding hydrogens is 420 g/mol. The molecule has 0 fully saturated rings. The van der Waals surface area contributed by atoms with Crippen molar-refractivity contribution in [1.29, 1.82) is 0 Å². The van der Waals surface area contributed by atoms with E-state index < -0.39 is 28.0 Å². The van der Waals surface area contributed by atoms with Gasteiger partial charge < -0.3 is 14.6 Å². The van der Waals surface area contributed by atoms with Gasteiger partial charge in [0.05, 0.1) is 6.42 Å². The molecule has 0 aliphatic rings. The summed E-state index contributed by atoms with van der Waals surface area (Å²) < 4.78 is 33.4. The fourth-order valence-electron chi connectivity index (χ4n) is 2.84. The second-order valence-corrected chi connectivity index (χ2v) is 8.78. The number of nitrogens with one attached hydrogen (secondary N) is 2. The lowest BCUT2D eigenvalue weighted by Crippen LogP contribution is -2.32. The quantitative estimate of drug-likeness (QED) is 0.514. The van der Waals surface area contributed by atoms with E-state index in [0.717, 1.165) is 10.8 Å². The number of imidazole rings is 1. The van der Waals surface area contributed by atoms with E-state index in [2.05, 4.69) is 15.0 Å². The van der Waals surface area contributed by atoms with Crippen molar-refractivity contribution in [2.75, 3.05) is 11.9 Å². The number of fused-ring (bicyclic) bond motifs is 1. The molecule has 0 aliphatic heterocycles. The molecule has 3 rings (SSSR count). The number of carbonyl (C=O) groups excluding carboxylic acids is 2. The highest BCUT2D eigenvalue weighted by molar-refractivity contribution is 7.89. The Morgan fingerprint density at radius 3 is 2.55 bits per heavy atom. The normalized spacial score (nSPS) is 12.5. The monoisotopic (exact) mass is 444 g/mol. The van der Waals surface area contributed by atoms with Gasteiger partial charge in [-0.1, -0.05) is 30.3 Å². The van der Waals surface area contributed by atoms with Gasteiger partial charge in [-0.2, -0.15) is 0 Å². The Morgan fingerprint density at radius 2 is 1.87 bits per heavy atom. The van der Waals surface area contributed by atoms with E-state index in [4.69, 9.17) is 4.74 Å². The molecule has 1 unspecified atom stereocenters. The van der Waals surface area contributed by atoms with Crippen LogP contribution < -0.4 is 10.0 Å². The third-order valence-electron chi connectivity index (χ3n) is 4.68. The van der Waals surface area contributed by atoms with Crippen LogP contribution in [0.15, 0.2) is 53.7 Å². The number of hydrogen-bond acceptors (Lipinski definition) is 6. The van der Waals surface area contributed by atoms with Crippen LogP contribution in [-0.4, -0.2) is 42.5 Å². The van der Waals surface area contributed by atoms with E-state index in [9.17, 15) is 18.0 Å². The van der Waals surface area contributed by atoms with Crippen molar-refractivity contribution in [1.82, 2.24) is 14.3 Å². The summed E-state index contributed by atoms with van der Waals surface area (Å²) in [7, 11) is -2.15. The van der Waals surface area contributed by atoms with Crippen molar-refractivity contribution in [2.24, 2.45) is 7.05 Å². The first kappa shape index (κ1) is 22.4. The van der Waals surface area contributed by atoms with Gasteiger partial charge in [-0.05, 0) is 36.8 Å². The van der Waals surface area contributed by atoms with E-state index in [-0.39, 0.29) is 18.0 Å². The molecule has 1 heterocycles. The van der Waals surface area contributed by atoms with Crippen LogP contribution in [0.3, 0.4) is 0 Å². The van der Waals surface area contributed by atoms with Crippen LogP contribution in [0.2, 0.25) is 0 Å². The minimum Gasteiger partial charge on any atom is -0.452 e. The minimum absolute atomic E-state index is 0.121. The maximum Gasteiger partial charge on any atom is 0.307 e. The Morgan fingerprint density at radius 1 is 1.16 bits per heavy atom. The van der Waals surface area contributed by atoms with Gasteiger partial charge in [-0.15, -0.1) is 0 Å². The van der Waals surface area contributed by atoms with Gasteiger partial charge in [0.25, 0.3) is 15.9 Å². The first-order valence-electron chi connectivity index (χ1n) is 9.64. The summed E-state index contributed by atoms with van der Waals surface area (Å²) in [5.74, 6) is -0.625. The van der Waals surface area contributed by atoms with Gasteiger partial charge in [-0.3, -0.25) is 9.59 Å². The van der Waals surface area contributed by atoms with Crippen LogP contribution in [0.25, 0.3) is 10.8 Å². The predicted molar refractivity (Wildman–Crippen MR) is 116 cm³/mol. The molecule has 0 radical (unpaired) electrons. The largest absolute Gasteiger partial charge is 0.452 e. The highest BCUT2D eigenvalue weighted by Crippen LogP contribution is 2.19. The molecule has 9 nitrogen and oxygen atoms in total. The SMILES string of the molecule is Cc1nc(S(=O)(=O)NCCC(=O)OC(C)C(=O)Nc2ccc3ccccc3c2)cn1C. The molecule has 0 saturated heterocycles. The number of aromatic nitrogens is 2. The number of hydrogen-bond donors (Lipinski definition) is 2. The number of aryl methyl sites for hydroxylation is 2. The zero-order valence-electron chi connectivity index (χ0n) is 17.5. The first-order chi connectivity index (χ1) is 14.7. The number of rotatable bonds is 8. The lowest BCUT2D eigenvalue weighted by molar-refractivity contribution is -0.152. The minimum atomic E-state index is -3.83. The topological polar surface area (TPSA) is 119 Å². The number of anilines is 1. The van der Waals surface area contributed by atoms with E-state index in [1.54, 1.807) is 24.6 Å². The van der Waals surface area contributed by atoms with Crippen LogP contribution in [0.1, 0.15) is 19.2 Å². The summed E-state index contributed by atoms with van der Waals surface area (Å²) in [5.41, 5.74) is 0.588. The molecule has 0 aliphatic carbocycles. The van der Waals surface area contributed by atoms with Crippen LogP contribution in [0.5, 0.6) is 0 Å². The van der Waals surface area contributed by atoms with Crippen LogP contribution in [-0.2, 0) is 31.4 Å². The van der Waals surface area contributed by atoms with Crippen molar-refractivity contribution in [3.8, 4) is 0 Å². The van der Waals surface area contributed by atoms with E-state index >= 15 is 0 Å². The third kappa shape index (κ3) is 5.68. The number of ether oxygens (including phenoxy) is 1. The highest BCUT2D eigenvalue weighted by Gasteiger charge is 2.21. The zero-order valence-corrected chi connectivity index (χ0v) is 18.3. The number of sulfonamides is 1. The summed E-state index contributed by atoms with van der Waals surface area (Å²) >= 11 is 0. The molecule has 0 saturated carbocycles. The molecule has 0 spiro atoms. The van der Waals surface area contributed by atoms with E-state index in [0.29, 0.717) is 11.5 Å². The van der Waals surface area contributed by atoms with Gasteiger partial charge in [0.2, 0.25) is 0 Å². The smallest absolute Gasteiger partial charge is 0.307 e. The molecule has 1 atom stereocenters. The number of amides is 1. The highest BCUT2D eigenvalue weighted by atomic mass is 32.2. The van der Waals surface area contributed by atoms with Crippen LogP contribution in [0, 0.1) is 6.92 Å². The number of carbonyl (C=O) groups is 2. The second kappa shape index (κ2) is 9.27. The summed E-state index contributed by atoms with van der Waals surface area (Å²) in [6.07, 6.45) is 0.127. The fourth-order valence-corrected chi connectivity index (χ4v) is 3.91. The van der Waals surface area contributed by atoms with Crippen molar-refractivity contribution >= 4 is 38.4 Å². The second-order valence-electron chi connectivity index (χ2n) is 7.07. The number of nitrogens with zero attached hydrogens (tertiary/aromatic N) is 2. The van der Waals surface area contributed by atoms with E-state index in [1.165, 1.54) is 13.1 Å². The predicted octanol–water partition coefficient (Wildman–Crippen LogP) is 2.12. The molecule has 1 amide bonds. The van der Waals surface area contributed by atoms with Gasteiger partial charge in [0, 0.05) is 25.5 Å². The van der Waals surface area contributed by atoms with Crippen LogP contribution >= 0.6 is 0 Å². The molecule has 31 heavy (non-hydrogen) atoms. The van der Waals surface area contributed by atoms with Crippen molar-refractivity contribution in [2.45, 2.75) is 31.4 Å². The van der Waals surface area contributed by atoms with Gasteiger partial charge in [0.1, 0.15) is 5.82 Å². The fraction of sp³-hybridized carbons (Fsp3) is 0.286. The van der Waals surface area contributed by atoms with Gasteiger partial charge in [0.15, 0.2) is 11.1 Å². The lowest BCUT2D eigenvalue weighted by atomic mass is 10.1. The Kier molecular flexibility index (Phi) is 6.71.